The maximum Gasteiger partial charge on any atom is 0.234 e. The van der Waals surface area contributed by atoms with Gasteiger partial charge in [0.2, 0.25) is 5.91 Å². The molecule has 1 amide bonds. The van der Waals surface area contributed by atoms with Crippen LogP contribution in [0.2, 0.25) is 0 Å². The molecule has 0 aromatic heterocycles. The van der Waals surface area contributed by atoms with Gasteiger partial charge in [0.1, 0.15) is 0 Å². The van der Waals surface area contributed by atoms with Gasteiger partial charge in [-0.15, -0.1) is 11.8 Å². The highest BCUT2D eigenvalue weighted by molar-refractivity contribution is 7.99. The molecule has 25 heavy (non-hydrogen) atoms. The maximum absolute atomic E-state index is 12.5. The summed E-state index contributed by atoms with van der Waals surface area (Å²) in [5.41, 5.74) is 6.01. The number of hydrogen-bond acceptors (Lipinski definition) is 2. The first-order chi connectivity index (χ1) is 11.9. The fourth-order valence-electron chi connectivity index (χ4n) is 2.90. The number of para-hydroxylation sites is 1. The van der Waals surface area contributed by atoms with E-state index >= 15 is 0 Å². The summed E-state index contributed by atoms with van der Waals surface area (Å²) >= 11 is 1.66. The van der Waals surface area contributed by atoms with Gasteiger partial charge in [0.05, 0.1) is 5.75 Å². The molecule has 2 aromatic carbocycles. The van der Waals surface area contributed by atoms with Crippen LogP contribution in [-0.2, 0) is 10.5 Å². The molecule has 0 aliphatic carbocycles. The predicted octanol–water partition coefficient (Wildman–Crippen LogP) is 6.11. The lowest BCUT2D eigenvalue weighted by atomic mass is 9.92. The zero-order valence-electron chi connectivity index (χ0n) is 15.9. The van der Waals surface area contributed by atoms with Gasteiger partial charge in [-0.2, -0.15) is 0 Å². The van der Waals surface area contributed by atoms with Crippen molar-refractivity contribution in [2.75, 3.05) is 11.1 Å². The zero-order chi connectivity index (χ0) is 18.4. The average Bonchev–Trinajstić information content (AvgIpc) is 2.56. The van der Waals surface area contributed by atoms with E-state index in [4.69, 9.17) is 0 Å². The fourth-order valence-corrected chi connectivity index (χ4v) is 3.80. The van der Waals surface area contributed by atoms with Crippen LogP contribution in [0.1, 0.15) is 61.8 Å². The summed E-state index contributed by atoms with van der Waals surface area (Å²) in [5.74, 6) is 2.18. The number of anilines is 1. The van der Waals surface area contributed by atoms with Crippen molar-refractivity contribution in [3.8, 4) is 0 Å². The summed E-state index contributed by atoms with van der Waals surface area (Å²) < 4.78 is 0. The van der Waals surface area contributed by atoms with Crippen molar-refractivity contribution in [3.63, 3.8) is 0 Å². The van der Waals surface area contributed by atoms with Gasteiger partial charge in [-0.3, -0.25) is 4.79 Å². The van der Waals surface area contributed by atoms with E-state index in [9.17, 15) is 4.79 Å². The van der Waals surface area contributed by atoms with Crippen molar-refractivity contribution < 1.29 is 4.79 Å². The number of hydrogen-bond donors (Lipinski definition) is 1. The molecule has 0 atom stereocenters. The molecule has 0 spiro atoms. The molecule has 0 fully saturated rings. The van der Waals surface area contributed by atoms with E-state index in [-0.39, 0.29) is 5.91 Å². The molecule has 0 saturated heterocycles. The number of carbonyl (C=O) groups excluding carboxylic acids is 1. The number of nitrogens with one attached hydrogen (secondary N) is 1. The van der Waals surface area contributed by atoms with Crippen molar-refractivity contribution in [1.82, 2.24) is 0 Å². The van der Waals surface area contributed by atoms with Gasteiger partial charge >= 0.3 is 0 Å². The highest BCUT2D eigenvalue weighted by Crippen LogP contribution is 2.32. The van der Waals surface area contributed by atoms with Gasteiger partial charge in [-0.25, -0.2) is 0 Å². The Morgan fingerprint density at radius 2 is 1.56 bits per heavy atom. The largest absolute Gasteiger partial charge is 0.325 e. The van der Waals surface area contributed by atoms with Gasteiger partial charge < -0.3 is 5.32 Å². The van der Waals surface area contributed by atoms with E-state index in [1.54, 1.807) is 11.8 Å². The van der Waals surface area contributed by atoms with Crippen molar-refractivity contribution >= 4 is 23.4 Å². The molecule has 2 aromatic rings. The molecular formula is C22H29NOS. The third kappa shape index (κ3) is 5.37. The Kier molecular flexibility index (Phi) is 7.12. The molecule has 0 radical (unpaired) electrons. The molecular weight excluding hydrogens is 326 g/mol. The Labute approximate surface area is 156 Å². The van der Waals surface area contributed by atoms with E-state index in [1.807, 2.05) is 6.07 Å². The Hall–Kier alpha value is -1.74. The van der Waals surface area contributed by atoms with Crippen molar-refractivity contribution in [3.05, 3.63) is 64.7 Å². The first-order valence-electron chi connectivity index (χ1n) is 8.95. The fraction of sp³-hybridized carbons (Fsp3) is 0.409. The molecule has 2 nitrogen and oxygen atoms in total. The van der Waals surface area contributed by atoms with Crippen LogP contribution >= 0.6 is 11.8 Å². The second kappa shape index (κ2) is 9.10. The molecule has 0 aliphatic rings. The zero-order valence-corrected chi connectivity index (χ0v) is 16.7. The summed E-state index contributed by atoms with van der Waals surface area (Å²) in [5, 5.41) is 3.18. The highest BCUT2D eigenvalue weighted by atomic mass is 32.2. The van der Waals surface area contributed by atoms with Gasteiger partial charge in [-0.05, 0) is 41.0 Å². The molecule has 0 heterocycles. The van der Waals surface area contributed by atoms with Crippen LogP contribution in [-0.4, -0.2) is 11.7 Å². The maximum atomic E-state index is 12.5. The number of rotatable bonds is 7. The quantitative estimate of drug-likeness (QED) is 0.649. The number of aryl methyl sites for hydroxylation is 1. The number of carbonyl (C=O) groups is 1. The van der Waals surface area contributed by atoms with Crippen LogP contribution in [0.3, 0.4) is 0 Å². The smallest absolute Gasteiger partial charge is 0.234 e. The summed E-state index contributed by atoms with van der Waals surface area (Å²) in [4.78, 5) is 12.5. The van der Waals surface area contributed by atoms with Gasteiger partial charge in [-0.1, -0.05) is 70.2 Å². The monoisotopic (exact) mass is 355 g/mol. The molecule has 0 unspecified atom stereocenters. The van der Waals surface area contributed by atoms with Crippen LogP contribution in [0, 0.1) is 6.92 Å². The van der Waals surface area contributed by atoms with E-state index in [0.717, 1.165) is 11.4 Å². The van der Waals surface area contributed by atoms with E-state index in [1.165, 1.54) is 22.3 Å². The summed E-state index contributed by atoms with van der Waals surface area (Å²) in [6.07, 6.45) is 0. The van der Waals surface area contributed by atoms with Crippen LogP contribution < -0.4 is 5.32 Å². The predicted molar refractivity (Wildman–Crippen MR) is 111 cm³/mol. The highest BCUT2D eigenvalue weighted by Gasteiger charge is 2.15. The third-order valence-corrected chi connectivity index (χ3v) is 5.37. The Bertz CT molecular complexity index is 695. The lowest BCUT2D eigenvalue weighted by Crippen LogP contribution is -2.17. The minimum Gasteiger partial charge on any atom is -0.325 e. The van der Waals surface area contributed by atoms with E-state index < -0.39 is 0 Å². The first kappa shape index (κ1) is 19.6. The lowest BCUT2D eigenvalue weighted by molar-refractivity contribution is -0.113. The second-order valence-corrected chi connectivity index (χ2v) is 8.07. The van der Waals surface area contributed by atoms with Gasteiger partial charge in [0, 0.05) is 11.4 Å². The minimum atomic E-state index is 0.0774. The van der Waals surface area contributed by atoms with Crippen LogP contribution in [0.25, 0.3) is 0 Å². The van der Waals surface area contributed by atoms with Crippen LogP contribution in [0.15, 0.2) is 42.5 Å². The SMILES string of the molecule is Cc1ccccc1CSCC(=O)Nc1c(C(C)C)cccc1C(C)C. The molecule has 3 heteroatoms. The third-order valence-electron chi connectivity index (χ3n) is 4.39. The molecule has 0 aliphatic heterocycles. The molecule has 0 bridgehead atoms. The summed E-state index contributed by atoms with van der Waals surface area (Å²) in [6.45, 7) is 10.8. The number of benzene rings is 2. The molecule has 2 rings (SSSR count). The second-order valence-electron chi connectivity index (χ2n) is 7.09. The van der Waals surface area contributed by atoms with Crippen molar-refractivity contribution in [2.24, 2.45) is 0 Å². The Balaban J connectivity index is 2.04. The van der Waals surface area contributed by atoms with E-state index in [2.05, 4.69) is 76.3 Å². The lowest BCUT2D eigenvalue weighted by Gasteiger charge is -2.20. The van der Waals surface area contributed by atoms with Gasteiger partial charge in [0.15, 0.2) is 0 Å². The van der Waals surface area contributed by atoms with E-state index in [0.29, 0.717) is 17.6 Å². The minimum absolute atomic E-state index is 0.0774. The standard InChI is InChI=1S/C22H29NOS/c1-15(2)19-11-8-12-20(16(3)4)22(19)23-21(24)14-25-13-18-10-7-6-9-17(18)5/h6-12,15-16H,13-14H2,1-5H3,(H,23,24). The Morgan fingerprint density at radius 1 is 0.960 bits per heavy atom. The average molecular weight is 356 g/mol. The summed E-state index contributed by atoms with van der Waals surface area (Å²) in [6, 6.07) is 14.7. The van der Waals surface area contributed by atoms with Crippen LogP contribution in [0.5, 0.6) is 0 Å². The Morgan fingerprint density at radius 3 is 2.12 bits per heavy atom. The summed E-state index contributed by atoms with van der Waals surface area (Å²) in [7, 11) is 0. The molecule has 0 saturated carbocycles. The first-order valence-corrected chi connectivity index (χ1v) is 10.1. The van der Waals surface area contributed by atoms with Crippen LogP contribution in [0.4, 0.5) is 5.69 Å². The van der Waals surface area contributed by atoms with Crippen molar-refractivity contribution in [1.29, 1.82) is 0 Å². The number of amides is 1. The number of thioether (sulfide) groups is 1. The topological polar surface area (TPSA) is 29.1 Å². The van der Waals surface area contributed by atoms with Crippen molar-refractivity contribution in [2.45, 2.75) is 52.2 Å². The normalized spacial score (nSPS) is 11.2. The molecule has 134 valence electrons. The molecule has 1 N–H and O–H groups in total. The van der Waals surface area contributed by atoms with Gasteiger partial charge in [0.25, 0.3) is 0 Å².